The first-order chi connectivity index (χ1) is 8.99. The van der Waals surface area contributed by atoms with Gasteiger partial charge in [0, 0.05) is 6.61 Å². The van der Waals surface area contributed by atoms with Gasteiger partial charge in [-0.05, 0) is 45.1 Å². The van der Waals surface area contributed by atoms with E-state index < -0.39 is 11.5 Å². The highest BCUT2D eigenvalue weighted by molar-refractivity contribution is 5.78. The highest BCUT2D eigenvalue weighted by atomic mass is 16.5. The molecule has 0 aromatic rings. The van der Waals surface area contributed by atoms with Gasteiger partial charge < -0.3 is 15.2 Å². The van der Waals surface area contributed by atoms with Crippen molar-refractivity contribution in [3.63, 3.8) is 0 Å². The standard InChI is InChI=1S/C15H29NO3/c1-4-10-16-15(3,14(17)18)9-11-19-13-8-6-5-7-12(13)2/h12-13,16H,4-11H2,1-3H3,(H,17,18). The summed E-state index contributed by atoms with van der Waals surface area (Å²) in [6.45, 7) is 7.26. The van der Waals surface area contributed by atoms with E-state index in [9.17, 15) is 9.90 Å². The summed E-state index contributed by atoms with van der Waals surface area (Å²) in [4.78, 5) is 11.4. The van der Waals surface area contributed by atoms with Crippen LogP contribution in [0.1, 0.15) is 59.3 Å². The number of carboxylic acid groups (broad SMARTS) is 1. The SMILES string of the molecule is CCCNC(C)(CCOC1CCCCC1C)C(=O)O. The molecule has 19 heavy (non-hydrogen) atoms. The predicted octanol–water partition coefficient (Wildman–Crippen LogP) is 2.81. The molecule has 0 saturated heterocycles. The second-order valence-corrected chi connectivity index (χ2v) is 5.99. The minimum absolute atomic E-state index is 0.318. The molecular weight excluding hydrogens is 242 g/mol. The quantitative estimate of drug-likeness (QED) is 0.712. The number of hydrogen-bond acceptors (Lipinski definition) is 3. The summed E-state index contributed by atoms with van der Waals surface area (Å²) < 4.78 is 5.92. The first-order valence-electron chi connectivity index (χ1n) is 7.59. The molecule has 3 unspecified atom stereocenters. The zero-order valence-corrected chi connectivity index (χ0v) is 12.6. The fourth-order valence-electron chi connectivity index (χ4n) is 2.62. The molecular formula is C15H29NO3. The fraction of sp³-hybridized carbons (Fsp3) is 0.933. The third kappa shape index (κ3) is 5.11. The molecule has 4 heteroatoms. The maximum atomic E-state index is 11.4. The molecule has 1 rings (SSSR count). The van der Waals surface area contributed by atoms with Crippen molar-refractivity contribution in [2.45, 2.75) is 70.9 Å². The van der Waals surface area contributed by atoms with E-state index in [1.54, 1.807) is 6.92 Å². The number of nitrogens with one attached hydrogen (secondary N) is 1. The highest BCUT2D eigenvalue weighted by Crippen LogP contribution is 2.26. The van der Waals surface area contributed by atoms with Crippen LogP contribution >= 0.6 is 0 Å². The molecule has 0 aromatic carbocycles. The molecule has 0 aliphatic heterocycles. The van der Waals surface area contributed by atoms with Gasteiger partial charge in [0.2, 0.25) is 0 Å². The van der Waals surface area contributed by atoms with Crippen molar-refractivity contribution in [1.29, 1.82) is 0 Å². The molecule has 1 saturated carbocycles. The lowest BCUT2D eigenvalue weighted by molar-refractivity contribution is -0.145. The van der Waals surface area contributed by atoms with Gasteiger partial charge in [0.15, 0.2) is 0 Å². The molecule has 0 heterocycles. The molecule has 4 nitrogen and oxygen atoms in total. The van der Waals surface area contributed by atoms with Crippen LogP contribution in [0.3, 0.4) is 0 Å². The van der Waals surface area contributed by atoms with Crippen molar-refractivity contribution in [2.24, 2.45) is 5.92 Å². The lowest BCUT2D eigenvalue weighted by atomic mass is 9.88. The highest BCUT2D eigenvalue weighted by Gasteiger charge is 2.32. The summed E-state index contributed by atoms with van der Waals surface area (Å²) in [5, 5.41) is 12.4. The summed E-state index contributed by atoms with van der Waals surface area (Å²) in [6.07, 6.45) is 6.65. The third-order valence-electron chi connectivity index (χ3n) is 4.20. The van der Waals surface area contributed by atoms with Crippen LogP contribution in [0, 0.1) is 5.92 Å². The van der Waals surface area contributed by atoms with Crippen LogP contribution in [-0.2, 0) is 9.53 Å². The lowest BCUT2D eigenvalue weighted by Gasteiger charge is -2.31. The second kappa shape index (κ2) is 7.85. The van der Waals surface area contributed by atoms with Gasteiger partial charge in [-0.15, -0.1) is 0 Å². The number of carboxylic acids is 1. The molecule has 2 N–H and O–H groups in total. The van der Waals surface area contributed by atoms with Gasteiger partial charge in [0.05, 0.1) is 6.10 Å². The number of carbonyl (C=O) groups is 1. The van der Waals surface area contributed by atoms with E-state index in [0.29, 0.717) is 25.0 Å². The molecule has 3 atom stereocenters. The van der Waals surface area contributed by atoms with Crippen molar-refractivity contribution in [3.8, 4) is 0 Å². The molecule has 0 aromatic heterocycles. The van der Waals surface area contributed by atoms with Crippen LogP contribution in [-0.4, -0.2) is 35.9 Å². The van der Waals surface area contributed by atoms with Gasteiger partial charge in [-0.25, -0.2) is 0 Å². The first kappa shape index (κ1) is 16.4. The van der Waals surface area contributed by atoms with E-state index in [0.717, 1.165) is 19.4 Å². The largest absolute Gasteiger partial charge is 0.480 e. The maximum Gasteiger partial charge on any atom is 0.323 e. The van der Waals surface area contributed by atoms with Crippen LogP contribution in [0.5, 0.6) is 0 Å². The van der Waals surface area contributed by atoms with Crippen LogP contribution in [0.2, 0.25) is 0 Å². The molecule has 0 bridgehead atoms. The predicted molar refractivity (Wildman–Crippen MR) is 76.3 cm³/mol. The van der Waals surface area contributed by atoms with E-state index >= 15 is 0 Å². The minimum atomic E-state index is -0.867. The fourth-order valence-corrected chi connectivity index (χ4v) is 2.62. The average Bonchev–Trinajstić information content (AvgIpc) is 2.38. The smallest absolute Gasteiger partial charge is 0.323 e. The van der Waals surface area contributed by atoms with Gasteiger partial charge in [-0.3, -0.25) is 4.79 Å². The van der Waals surface area contributed by atoms with Crippen LogP contribution in [0.4, 0.5) is 0 Å². The van der Waals surface area contributed by atoms with E-state index in [2.05, 4.69) is 12.2 Å². The average molecular weight is 271 g/mol. The Kier molecular flexibility index (Phi) is 6.80. The van der Waals surface area contributed by atoms with Gasteiger partial charge in [-0.2, -0.15) is 0 Å². The van der Waals surface area contributed by atoms with Crippen LogP contribution in [0.25, 0.3) is 0 Å². The van der Waals surface area contributed by atoms with Crippen molar-refractivity contribution in [3.05, 3.63) is 0 Å². The number of hydrogen-bond donors (Lipinski definition) is 2. The van der Waals surface area contributed by atoms with Gasteiger partial charge in [-0.1, -0.05) is 26.7 Å². The van der Waals surface area contributed by atoms with Crippen molar-refractivity contribution < 1.29 is 14.6 Å². The lowest BCUT2D eigenvalue weighted by Crippen LogP contribution is -2.50. The summed E-state index contributed by atoms with van der Waals surface area (Å²) >= 11 is 0. The Morgan fingerprint density at radius 2 is 2.11 bits per heavy atom. The topological polar surface area (TPSA) is 58.6 Å². The van der Waals surface area contributed by atoms with E-state index in [4.69, 9.17) is 4.74 Å². The van der Waals surface area contributed by atoms with Gasteiger partial charge in [0.1, 0.15) is 5.54 Å². The summed E-state index contributed by atoms with van der Waals surface area (Å²) in [5.41, 5.74) is -0.867. The molecule has 1 aliphatic rings. The monoisotopic (exact) mass is 271 g/mol. The normalized spacial score (nSPS) is 26.9. The minimum Gasteiger partial charge on any atom is -0.480 e. The summed E-state index contributed by atoms with van der Waals surface area (Å²) in [6, 6.07) is 0. The van der Waals surface area contributed by atoms with Crippen molar-refractivity contribution in [1.82, 2.24) is 5.32 Å². The van der Waals surface area contributed by atoms with E-state index in [-0.39, 0.29) is 0 Å². The van der Waals surface area contributed by atoms with Gasteiger partial charge in [0.25, 0.3) is 0 Å². The number of ether oxygens (including phenoxy) is 1. The molecule has 0 radical (unpaired) electrons. The Morgan fingerprint density at radius 1 is 1.42 bits per heavy atom. The summed E-state index contributed by atoms with van der Waals surface area (Å²) in [7, 11) is 0. The van der Waals surface area contributed by atoms with E-state index in [1.165, 1.54) is 19.3 Å². The first-order valence-corrected chi connectivity index (χ1v) is 7.59. The van der Waals surface area contributed by atoms with E-state index in [1.807, 2.05) is 6.92 Å². The molecule has 1 aliphatic carbocycles. The maximum absolute atomic E-state index is 11.4. The second-order valence-electron chi connectivity index (χ2n) is 5.99. The molecule has 1 fully saturated rings. The molecule has 0 amide bonds. The van der Waals surface area contributed by atoms with Gasteiger partial charge >= 0.3 is 5.97 Å². The number of rotatable bonds is 8. The van der Waals surface area contributed by atoms with Crippen molar-refractivity contribution in [2.75, 3.05) is 13.2 Å². The molecule has 112 valence electrons. The Morgan fingerprint density at radius 3 is 2.68 bits per heavy atom. The Labute approximate surface area is 116 Å². The number of aliphatic carboxylic acids is 1. The Bertz CT molecular complexity index is 283. The van der Waals surface area contributed by atoms with Crippen LogP contribution in [0.15, 0.2) is 0 Å². The summed E-state index contributed by atoms with van der Waals surface area (Å²) in [5.74, 6) is -0.185. The third-order valence-corrected chi connectivity index (χ3v) is 4.20. The zero-order valence-electron chi connectivity index (χ0n) is 12.6. The van der Waals surface area contributed by atoms with Crippen molar-refractivity contribution >= 4 is 5.97 Å². The van der Waals surface area contributed by atoms with Crippen LogP contribution < -0.4 is 5.32 Å². The molecule has 0 spiro atoms. The Balaban J connectivity index is 2.37. The zero-order chi connectivity index (χ0) is 14.3. The Hall–Kier alpha value is -0.610.